The highest BCUT2D eigenvalue weighted by Crippen LogP contribution is 2.10. The summed E-state index contributed by atoms with van der Waals surface area (Å²) in [5.74, 6) is 0. The molecule has 0 spiro atoms. The molecule has 0 aromatic heterocycles. The fourth-order valence-corrected chi connectivity index (χ4v) is 2.51. The number of methoxy groups -OCH3 is 1. The van der Waals surface area contributed by atoms with Crippen molar-refractivity contribution in [2.45, 2.75) is 25.9 Å². The first-order valence-electron chi connectivity index (χ1n) is 6.78. The number of hydrogen-bond acceptors (Lipinski definition) is 3. The maximum atomic E-state index is 5.12. The van der Waals surface area contributed by atoms with E-state index in [1.807, 2.05) is 0 Å². The van der Waals surface area contributed by atoms with Gasteiger partial charge in [-0.1, -0.05) is 29.8 Å². The number of ether oxygens (including phenoxy) is 1. The molecule has 1 heterocycles. The number of rotatable bonds is 6. The predicted octanol–water partition coefficient (Wildman–Crippen LogP) is 1.81. The molecule has 1 aliphatic heterocycles. The van der Waals surface area contributed by atoms with Crippen molar-refractivity contribution in [2.24, 2.45) is 0 Å². The molecule has 1 N–H and O–H groups in total. The third-order valence-corrected chi connectivity index (χ3v) is 3.56. The van der Waals surface area contributed by atoms with Gasteiger partial charge >= 0.3 is 0 Å². The highest BCUT2D eigenvalue weighted by molar-refractivity contribution is 5.22. The van der Waals surface area contributed by atoms with Crippen LogP contribution in [0.1, 0.15) is 17.5 Å². The van der Waals surface area contributed by atoms with Gasteiger partial charge in [-0.15, -0.1) is 0 Å². The monoisotopic (exact) mass is 248 g/mol. The number of benzene rings is 1. The summed E-state index contributed by atoms with van der Waals surface area (Å²) >= 11 is 0. The van der Waals surface area contributed by atoms with Crippen LogP contribution in [0.5, 0.6) is 0 Å². The van der Waals surface area contributed by atoms with Crippen molar-refractivity contribution >= 4 is 0 Å². The molecule has 1 atom stereocenters. The van der Waals surface area contributed by atoms with Crippen LogP contribution in [-0.4, -0.2) is 44.3 Å². The van der Waals surface area contributed by atoms with Gasteiger partial charge in [0.2, 0.25) is 0 Å². The van der Waals surface area contributed by atoms with E-state index < -0.39 is 0 Å². The minimum atomic E-state index is 0.627. The molecule has 1 saturated heterocycles. The third kappa shape index (κ3) is 4.09. The largest absolute Gasteiger partial charge is 0.383 e. The van der Waals surface area contributed by atoms with E-state index in [2.05, 4.69) is 41.4 Å². The zero-order valence-corrected chi connectivity index (χ0v) is 11.5. The lowest BCUT2D eigenvalue weighted by Gasteiger charge is -2.16. The molecular weight excluding hydrogens is 224 g/mol. The molecule has 3 nitrogen and oxygen atoms in total. The van der Waals surface area contributed by atoms with Gasteiger partial charge in [0.25, 0.3) is 0 Å². The lowest BCUT2D eigenvalue weighted by Crippen LogP contribution is -2.33. The quantitative estimate of drug-likeness (QED) is 0.831. The van der Waals surface area contributed by atoms with E-state index in [0.29, 0.717) is 6.04 Å². The third-order valence-electron chi connectivity index (χ3n) is 3.56. The molecular formula is C15H24N2O. The Bertz CT molecular complexity index is 367. The van der Waals surface area contributed by atoms with Gasteiger partial charge in [0.15, 0.2) is 0 Å². The SMILES string of the molecule is COCCN1CC[C@@H](NCc2cccc(C)c2)C1. The number of aryl methyl sites for hydroxylation is 1. The fourth-order valence-electron chi connectivity index (χ4n) is 2.51. The molecule has 0 amide bonds. The van der Waals surface area contributed by atoms with Crippen molar-refractivity contribution in [3.05, 3.63) is 35.4 Å². The van der Waals surface area contributed by atoms with Gasteiger partial charge in [-0.3, -0.25) is 4.90 Å². The van der Waals surface area contributed by atoms with Crippen LogP contribution in [0.3, 0.4) is 0 Å². The first-order valence-corrected chi connectivity index (χ1v) is 6.78. The molecule has 0 saturated carbocycles. The molecule has 3 heteroatoms. The van der Waals surface area contributed by atoms with Crippen LogP contribution in [0, 0.1) is 6.92 Å². The van der Waals surface area contributed by atoms with Crippen molar-refractivity contribution in [2.75, 3.05) is 33.4 Å². The molecule has 0 radical (unpaired) electrons. The number of likely N-dealkylation sites (tertiary alicyclic amines) is 1. The summed E-state index contributed by atoms with van der Waals surface area (Å²) < 4.78 is 5.12. The summed E-state index contributed by atoms with van der Waals surface area (Å²) in [4.78, 5) is 2.47. The second kappa shape index (κ2) is 6.88. The minimum Gasteiger partial charge on any atom is -0.383 e. The average Bonchev–Trinajstić information content (AvgIpc) is 2.82. The van der Waals surface area contributed by atoms with Crippen molar-refractivity contribution in [3.63, 3.8) is 0 Å². The number of nitrogens with zero attached hydrogens (tertiary/aromatic N) is 1. The molecule has 0 aliphatic carbocycles. The van der Waals surface area contributed by atoms with Crippen molar-refractivity contribution in [3.8, 4) is 0 Å². The van der Waals surface area contributed by atoms with Crippen LogP contribution < -0.4 is 5.32 Å². The Hall–Kier alpha value is -0.900. The normalized spacial score (nSPS) is 20.4. The van der Waals surface area contributed by atoms with Crippen molar-refractivity contribution < 1.29 is 4.74 Å². The Balaban J connectivity index is 1.72. The Labute approximate surface area is 110 Å². The van der Waals surface area contributed by atoms with Gasteiger partial charge in [-0.05, 0) is 25.5 Å². The lowest BCUT2D eigenvalue weighted by atomic mass is 10.1. The van der Waals surface area contributed by atoms with E-state index >= 15 is 0 Å². The van der Waals surface area contributed by atoms with Gasteiger partial charge in [0.05, 0.1) is 6.61 Å². The van der Waals surface area contributed by atoms with E-state index in [0.717, 1.165) is 26.2 Å². The number of nitrogens with one attached hydrogen (secondary N) is 1. The zero-order chi connectivity index (χ0) is 12.8. The summed E-state index contributed by atoms with van der Waals surface area (Å²) in [6, 6.07) is 9.35. The van der Waals surface area contributed by atoms with E-state index in [-0.39, 0.29) is 0 Å². The van der Waals surface area contributed by atoms with Gasteiger partial charge in [0.1, 0.15) is 0 Å². The molecule has 1 aromatic rings. The van der Waals surface area contributed by atoms with Gasteiger partial charge in [0, 0.05) is 32.8 Å². The van der Waals surface area contributed by atoms with E-state index in [4.69, 9.17) is 4.74 Å². The average molecular weight is 248 g/mol. The highest BCUT2D eigenvalue weighted by atomic mass is 16.5. The summed E-state index contributed by atoms with van der Waals surface area (Å²) in [6.45, 7) is 7.35. The van der Waals surface area contributed by atoms with Crippen molar-refractivity contribution in [1.29, 1.82) is 0 Å². The van der Waals surface area contributed by atoms with Crippen molar-refractivity contribution in [1.82, 2.24) is 10.2 Å². The van der Waals surface area contributed by atoms with Crippen LogP contribution in [0.2, 0.25) is 0 Å². The fraction of sp³-hybridized carbons (Fsp3) is 0.600. The summed E-state index contributed by atoms with van der Waals surface area (Å²) in [5.41, 5.74) is 2.72. The van der Waals surface area contributed by atoms with Crippen LogP contribution >= 0.6 is 0 Å². The van der Waals surface area contributed by atoms with Gasteiger partial charge in [-0.2, -0.15) is 0 Å². The molecule has 1 fully saturated rings. The Morgan fingerprint density at radius 2 is 2.33 bits per heavy atom. The van der Waals surface area contributed by atoms with Crippen LogP contribution in [-0.2, 0) is 11.3 Å². The Morgan fingerprint density at radius 3 is 3.11 bits per heavy atom. The second-order valence-corrected chi connectivity index (χ2v) is 5.15. The topological polar surface area (TPSA) is 24.5 Å². The summed E-state index contributed by atoms with van der Waals surface area (Å²) in [7, 11) is 1.77. The van der Waals surface area contributed by atoms with Crippen LogP contribution in [0.4, 0.5) is 0 Å². The van der Waals surface area contributed by atoms with E-state index in [1.54, 1.807) is 7.11 Å². The standard InChI is InChI=1S/C15H24N2O/c1-13-4-3-5-14(10-13)11-16-15-6-7-17(12-15)8-9-18-2/h3-5,10,15-16H,6-9,11-12H2,1-2H3/t15-/m1/s1. The second-order valence-electron chi connectivity index (χ2n) is 5.15. The van der Waals surface area contributed by atoms with E-state index in [1.165, 1.54) is 24.1 Å². The smallest absolute Gasteiger partial charge is 0.0589 e. The maximum absolute atomic E-state index is 5.12. The molecule has 1 aliphatic rings. The molecule has 18 heavy (non-hydrogen) atoms. The molecule has 0 unspecified atom stereocenters. The molecule has 100 valence electrons. The molecule has 1 aromatic carbocycles. The Morgan fingerprint density at radius 1 is 1.44 bits per heavy atom. The number of hydrogen-bond donors (Lipinski definition) is 1. The Kier molecular flexibility index (Phi) is 5.17. The zero-order valence-electron chi connectivity index (χ0n) is 11.5. The minimum absolute atomic E-state index is 0.627. The predicted molar refractivity (Wildman–Crippen MR) is 74.7 cm³/mol. The van der Waals surface area contributed by atoms with Crippen LogP contribution in [0.15, 0.2) is 24.3 Å². The van der Waals surface area contributed by atoms with Gasteiger partial charge in [-0.25, -0.2) is 0 Å². The lowest BCUT2D eigenvalue weighted by molar-refractivity contribution is 0.159. The van der Waals surface area contributed by atoms with E-state index in [9.17, 15) is 0 Å². The first kappa shape index (κ1) is 13.5. The molecule has 2 rings (SSSR count). The van der Waals surface area contributed by atoms with Gasteiger partial charge < -0.3 is 10.1 Å². The summed E-state index contributed by atoms with van der Waals surface area (Å²) in [6.07, 6.45) is 1.25. The van der Waals surface area contributed by atoms with Crippen LogP contribution in [0.25, 0.3) is 0 Å². The molecule has 0 bridgehead atoms. The first-order chi connectivity index (χ1) is 8.78. The summed E-state index contributed by atoms with van der Waals surface area (Å²) in [5, 5.41) is 3.65. The maximum Gasteiger partial charge on any atom is 0.0589 e. The highest BCUT2D eigenvalue weighted by Gasteiger charge is 2.21.